The van der Waals surface area contributed by atoms with Gasteiger partial charge in [-0.2, -0.15) is 0 Å². The summed E-state index contributed by atoms with van der Waals surface area (Å²) < 4.78 is 6.24. The SMILES string of the molecule is Cc1cccc(NC(=O)Cn2c(=O)oc3cccnc32)c1. The highest BCUT2D eigenvalue weighted by Gasteiger charge is 2.13. The van der Waals surface area contributed by atoms with Crippen molar-refractivity contribution in [2.24, 2.45) is 0 Å². The van der Waals surface area contributed by atoms with Crippen molar-refractivity contribution < 1.29 is 9.21 Å². The van der Waals surface area contributed by atoms with Crippen LogP contribution in [0.5, 0.6) is 0 Å². The summed E-state index contributed by atoms with van der Waals surface area (Å²) in [7, 11) is 0. The molecule has 0 radical (unpaired) electrons. The van der Waals surface area contributed by atoms with Crippen LogP contribution in [0.4, 0.5) is 5.69 Å². The number of nitrogens with zero attached hydrogens (tertiary/aromatic N) is 2. The molecule has 0 unspecified atom stereocenters. The summed E-state index contributed by atoms with van der Waals surface area (Å²) in [4.78, 5) is 27.9. The Morgan fingerprint density at radius 1 is 1.33 bits per heavy atom. The first kappa shape index (κ1) is 13.1. The molecular weight excluding hydrogens is 270 g/mol. The van der Waals surface area contributed by atoms with Crippen LogP contribution < -0.4 is 11.1 Å². The van der Waals surface area contributed by atoms with E-state index in [0.29, 0.717) is 16.9 Å². The molecule has 0 aliphatic rings. The molecule has 2 aromatic heterocycles. The lowest BCUT2D eigenvalue weighted by Crippen LogP contribution is -2.25. The number of rotatable bonds is 3. The number of hydrogen-bond donors (Lipinski definition) is 1. The molecule has 1 aromatic carbocycles. The monoisotopic (exact) mass is 283 g/mol. The molecule has 21 heavy (non-hydrogen) atoms. The number of hydrogen-bond acceptors (Lipinski definition) is 4. The third-order valence-corrected chi connectivity index (χ3v) is 3.03. The summed E-state index contributed by atoms with van der Waals surface area (Å²) in [5.74, 6) is -0.904. The Morgan fingerprint density at radius 2 is 2.19 bits per heavy atom. The van der Waals surface area contributed by atoms with E-state index >= 15 is 0 Å². The van der Waals surface area contributed by atoms with Crippen LogP contribution in [0.2, 0.25) is 0 Å². The van der Waals surface area contributed by atoms with Crippen LogP contribution in [-0.2, 0) is 11.3 Å². The van der Waals surface area contributed by atoms with Crippen LogP contribution in [0.3, 0.4) is 0 Å². The summed E-state index contributed by atoms with van der Waals surface area (Å²) >= 11 is 0. The average molecular weight is 283 g/mol. The second-order valence-electron chi connectivity index (χ2n) is 4.70. The smallest absolute Gasteiger partial charge is 0.406 e. The van der Waals surface area contributed by atoms with Gasteiger partial charge in [0.15, 0.2) is 11.2 Å². The van der Waals surface area contributed by atoms with E-state index in [9.17, 15) is 9.59 Å². The Bertz CT molecular complexity index is 864. The Hall–Kier alpha value is -2.89. The zero-order chi connectivity index (χ0) is 14.8. The Morgan fingerprint density at radius 3 is 3.00 bits per heavy atom. The summed E-state index contributed by atoms with van der Waals surface area (Å²) in [6.07, 6.45) is 1.55. The molecule has 0 aliphatic carbocycles. The van der Waals surface area contributed by atoms with Gasteiger partial charge in [0.25, 0.3) is 0 Å². The summed E-state index contributed by atoms with van der Waals surface area (Å²) in [5.41, 5.74) is 2.46. The molecule has 0 aliphatic heterocycles. The fourth-order valence-electron chi connectivity index (χ4n) is 2.11. The van der Waals surface area contributed by atoms with Gasteiger partial charge in [-0.25, -0.2) is 14.3 Å². The fraction of sp³-hybridized carbons (Fsp3) is 0.133. The third kappa shape index (κ3) is 2.69. The molecule has 106 valence electrons. The van der Waals surface area contributed by atoms with Crippen LogP contribution in [0.1, 0.15) is 5.56 Å². The maximum atomic E-state index is 12.0. The number of benzene rings is 1. The number of pyridine rings is 1. The summed E-state index contributed by atoms with van der Waals surface area (Å²) in [5, 5.41) is 2.74. The number of aromatic nitrogens is 2. The molecule has 0 atom stereocenters. The lowest BCUT2D eigenvalue weighted by molar-refractivity contribution is -0.116. The number of carbonyl (C=O) groups excluding carboxylic acids is 1. The van der Waals surface area contributed by atoms with Gasteiger partial charge in [-0.05, 0) is 36.8 Å². The van der Waals surface area contributed by atoms with E-state index in [1.54, 1.807) is 24.4 Å². The van der Waals surface area contributed by atoms with Gasteiger partial charge in [-0.3, -0.25) is 4.79 Å². The van der Waals surface area contributed by atoms with Crippen LogP contribution in [0.25, 0.3) is 11.2 Å². The molecular formula is C15H13N3O3. The van der Waals surface area contributed by atoms with Crippen LogP contribution in [-0.4, -0.2) is 15.5 Å². The van der Waals surface area contributed by atoms with Crippen molar-refractivity contribution in [2.45, 2.75) is 13.5 Å². The van der Waals surface area contributed by atoms with Gasteiger partial charge in [-0.1, -0.05) is 12.1 Å². The number of fused-ring (bicyclic) bond motifs is 1. The Balaban J connectivity index is 1.84. The molecule has 3 rings (SSSR count). The van der Waals surface area contributed by atoms with Crippen molar-refractivity contribution in [3.63, 3.8) is 0 Å². The predicted molar refractivity (Wildman–Crippen MR) is 78.1 cm³/mol. The second-order valence-corrected chi connectivity index (χ2v) is 4.70. The Labute approximate surface area is 120 Å². The number of aryl methyl sites for hydroxylation is 1. The maximum absolute atomic E-state index is 12.0. The second kappa shape index (κ2) is 5.24. The molecule has 0 bridgehead atoms. The number of nitrogens with one attached hydrogen (secondary N) is 1. The number of carbonyl (C=O) groups is 1. The van der Waals surface area contributed by atoms with Crippen LogP contribution >= 0.6 is 0 Å². The zero-order valence-corrected chi connectivity index (χ0v) is 11.4. The van der Waals surface area contributed by atoms with Gasteiger partial charge >= 0.3 is 5.76 Å². The van der Waals surface area contributed by atoms with E-state index < -0.39 is 5.76 Å². The molecule has 0 spiro atoms. The first-order valence-corrected chi connectivity index (χ1v) is 6.44. The molecule has 3 aromatic rings. The molecule has 0 fully saturated rings. The molecule has 1 amide bonds. The van der Waals surface area contributed by atoms with Gasteiger partial charge < -0.3 is 9.73 Å². The average Bonchev–Trinajstić information content (AvgIpc) is 2.75. The highest BCUT2D eigenvalue weighted by Crippen LogP contribution is 2.11. The van der Waals surface area contributed by atoms with E-state index in [-0.39, 0.29) is 12.5 Å². The number of amides is 1. The highest BCUT2D eigenvalue weighted by molar-refractivity contribution is 5.91. The first-order valence-electron chi connectivity index (χ1n) is 6.44. The first-order chi connectivity index (χ1) is 10.1. The lowest BCUT2D eigenvalue weighted by Gasteiger charge is -2.06. The van der Waals surface area contributed by atoms with Gasteiger partial charge in [0.1, 0.15) is 6.54 Å². The predicted octanol–water partition coefficient (Wildman–Crippen LogP) is 1.94. The van der Waals surface area contributed by atoms with E-state index in [4.69, 9.17) is 4.42 Å². The van der Waals surface area contributed by atoms with Crippen molar-refractivity contribution in [3.05, 3.63) is 58.7 Å². The fourth-order valence-corrected chi connectivity index (χ4v) is 2.11. The van der Waals surface area contributed by atoms with E-state index in [1.807, 2.05) is 25.1 Å². The zero-order valence-electron chi connectivity index (χ0n) is 11.4. The molecule has 0 saturated carbocycles. The number of anilines is 1. The van der Waals surface area contributed by atoms with Crippen LogP contribution in [0, 0.1) is 6.92 Å². The van der Waals surface area contributed by atoms with E-state index in [2.05, 4.69) is 10.3 Å². The van der Waals surface area contributed by atoms with E-state index in [0.717, 1.165) is 5.56 Å². The summed E-state index contributed by atoms with van der Waals surface area (Å²) in [6.45, 7) is 1.80. The quantitative estimate of drug-likeness (QED) is 0.796. The minimum Gasteiger partial charge on any atom is -0.406 e. The van der Waals surface area contributed by atoms with Gasteiger partial charge in [-0.15, -0.1) is 0 Å². The lowest BCUT2D eigenvalue weighted by atomic mass is 10.2. The largest absolute Gasteiger partial charge is 0.421 e. The van der Waals surface area contributed by atoms with Crippen LogP contribution in [0.15, 0.2) is 51.8 Å². The topological polar surface area (TPSA) is 77.1 Å². The van der Waals surface area contributed by atoms with Crippen molar-refractivity contribution in [3.8, 4) is 0 Å². The van der Waals surface area contributed by atoms with Crippen molar-refractivity contribution in [1.29, 1.82) is 0 Å². The molecule has 2 heterocycles. The number of oxazole rings is 1. The molecule has 0 saturated heterocycles. The van der Waals surface area contributed by atoms with Crippen molar-refractivity contribution >= 4 is 22.8 Å². The summed E-state index contributed by atoms with van der Waals surface area (Å²) in [6, 6.07) is 10.7. The minimum atomic E-state index is -0.594. The van der Waals surface area contributed by atoms with Gasteiger partial charge in [0.2, 0.25) is 5.91 Å². The normalized spacial score (nSPS) is 10.7. The maximum Gasteiger partial charge on any atom is 0.421 e. The molecule has 1 N–H and O–H groups in total. The molecule has 6 nitrogen and oxygen atoms in total. The minimum absolute atomic E-state index is 0.142. The van der Waals surface area contributed by atoms with E-state index in [1.165, 1.54) is 4.57 Å². The van der Waals surface area contributed by atoms with Crippen molar-refractivity contribution in [2.75, 3.05) is 5.32 Å². The third-order valence-electron chi connectivity index (χ3n) is 3.03. The Kier molecular flexibility index (Phi) is 3.27. The standard InChI is InChI=1S/C15H13N3O3/c1-10-4-2-5-11(8-10)17-13(19)9-18-14-12(21-15(18)20)6-3-7-16-14/h2-8H,9H2,1H3,(H,17,19). The molecule has 6 heteroatoms. The van der Waals surface area contributed by atoms with Gasteiger partial charge in [0.05, 0.1) is 0 Å². The van der Waals surface area contributed by atoms with Crippen molar-refractivity contribution in [1.82, 2.24) is 9.55 Å². The van der Waals surface area contributed by atoms with Gasteiger partial charge in [0, 0.05) is 11.9 Å². The highest BCUT2D eigenvalue weighted by atomic mass is 16.4.